The van der Waals surface area contributed by atoms with Crippen molar-refractivity contribution in [2.45, 2.75) is 25.3 Å². The Morgan fingerprint density at radius 1 is 1.48 bits per heavy atom. The number of carbonyl (C=O) groups is 2. The third kappa shape index (κ3) is 2.28. The van der Waals surface area contributed by atoms with E-state index in [9.17, 15) is 14.4 Å². The summed E-state index contributed by atoms with van der Waals surface area (Å²) in [5, 5.41) is 6.26. The lowest BCUT2D eigenvalue weighted by Crippen LogP contribution is -2.44. The molecule has 2 aromatic heterocycles. The Morgan fingerprint density at radius 2 is 2.29 bits per heavy atom. The number of pyridine rings is 1. The number of aromatic amines is 1. The molecular weight excluding hydrogens is 274 g/mol. The van der Waals surface area contributed by atoms with E-state index in [1.165, 1.54) is 9.30 Å². The van der Waals surface area contributed by atoms with Gasteiger partial charge < -0.3 is 10.6 Å². The van der Waals surface area contributed by atoms with Crippen molar-refractivity contribution >= 4 is 17.5 Å². The Hall–Kier alpha value is -2.64. The third-order valence-electron chi connectivity index (χ3n) is 3.77. The summed E-state index contributed by atoms with van der Waals surface area (Å²) in [6.07, 6.45) is 3.04. The largest absolute Gasteiger partial charge is 0.368 e. The number of fused-ring (bicyclic) bond motifs is 1. The van der Waals surface area contributed by atoms with E-state index in [4.69, 9.17) is 5.73 Å². The molecule has 1 aliphatic heterocycles. The molecule has 1 atom stereocenters. The molecule has 2 amide bonds. The van der Waals surface area contributed by atoms with E-state index >= 15 is 0 Å². The number of hydrogen-bond acceptors (Lipinski definition) is 4. The van der Waals surface area contributed by atoms with Crippen LogP contribution in [0.3, 0.4) is 0 Å². The number of nitrogens with one attached hydrogen (secondary N) is 1. The first-order valence-electron chi connectivity index (χ1n) is 6.71. The maximum absolute atomic E-state index is 12.4. The van der Waals surface area contributed by atoms with Crippen molar-refractivity contribution in [2.24, 2.45) is 5.73 Å². The van der Waals surface area contributed by atoms with E-state index < -0.39 is 11.9 Å². The number of carbonyl (C=O) groups excluding carboxylic acids is 2. The summed E-state index contributed by atoms with van der Waals surface area (Å²) in [6, 6.07) is 2.89. The topological polar surface area (TPSA) is 114 Å². The molecule has 3 heterocycles. The van der Waals surface area contributed by atoms with Crippen molar-refractivity contribution in [1.29, 1.82) is 0 Å². The average molecular weight is 289 g/mol. The smallest absolute Gasteiger partial charge is 0.347 e. The van der Waals surface area contributed by atoms with Crippen LogP contribution in [-0.2, 0) is 16.0 Å². The van der Waals surface area contributed by atoms with Gasteiger partial charge in [-0.25, -0.2) is 9.89 Å². The minimum Gasteiger partial charge on any atom is -0.368 e. The minimum atomic E-state index is -0.529. The highest BCUT2D eigenvalue weighted by molar-refractivity contribution is 5.88. The Labute approximate surface area is 119 Å². The predicted molar refractivity (Wildman–Crippen MR) is 73.4 cm³/mol. The highest BCUT2D eigenvalue weighted by Crippen LogP contribution is 2.19. The van der Waals surface area contributed by atoms with Crippen molar-refractivity contribution in [3.8, 4) is 0 Å². The van der Waals surface area contributed by atoms with Crippen LogP contribution in [0.15, 0.2) is 23.1 Å². The van der Waals surface area contributed by atoms with E-state index in [1.807, 2.05) is 0 Å². The van der Waals surface area contributed by atoms with E-state index in [-0.39, 0.29) is 18.0 Å². The van der Waals surface area contributed by atoms with Gasteiger partial charge >= 0.3 is 5.69 Å². The van der Waals surface area contributed by atoms with Crippen molar-refractivity contribution in [3.05, 3.63) is 34.4 Å². The number of rotatable bonds is 3. The third-order valence-corrected chi connectivity index (χ3v) is 3.77. The van der Waals surface area contributed by atoms with Crippen LogP contribution in [0.1, 0.15) is 18.4 Å². The maximum atomic E-state index is 12.4. The SMILES string of the molecule is NC(=O)C1CCCN1C(=O)Cc1cccn2c(=O)[nH]nc12. The number of H-pyrrole nitrogens is 1. The van der Waals surface area contributed by atoms with Gasteiger partial charge in [-0.3, -0.25) is 14.0 Å². The molecule has 21 heavy (non-hydrogen) atoms. The molecule has 8 nitrogen and oxygen atoms in total. The second-order valence-corrected chi connectivity index (χ2v) is 5.08. The molecule has 0 radical (unpaired) electrons. The lowest BCUT2D eigenvalue weighted by atomic mass is 10.1. The Bertz CT molecular complexity index is 762. The summed E-state index contributed by atoms with van der Waals surface area (Å²) >= 11 is 0. The first kappa shape index (κ1) is 13.3. The number of aromatic nitrogens is 3. The molecule has 0 aliphatic carbocycles. The van der Waals surface area contributed by atoms with Gasteiger partial charge in [0.25, 0.3) is 0 Å². The van der Waals surface area contributed by atoms with E-state index in [0.29, 0.717) is 24.2 Å². The van der Waals surface area contributed by atoms with Crippen molar-refractivity contribution in [2.75, 3.05) is 6.54 Å². The second-order valence-electron chi connectivity index (χ2n) is 5.08. The van der Waals surface area contributed by atoms with Crippen LogP contribution in [0.25, 0.3) is 5.65 Å². The Balaban J connectivity index is 1.87. The van der Waals surface area contributed by atoms with Gasteiger partial charge in [-0.1, -0.05) is 6.07 Å². The summed E-state index contributed by atoms with van der Waals surface area (Å²) in [7, 11) is 0. The van der Waals surface area contributed by atoms with Crippen molar-refractivity contribution < 1.29 is 9.59 Å². The van der Waals surface area contributed by atoms with Crippen LogP contribution in [-0.4, -0.2) is 43.9 Å². The number of nitrogens with two attached hydrogens (primary N) is 1. The molecule has 0 saturated carbocycles. The molecule has 0 spiro atoms. The molecule has 2 aromatic rings. The number of likely N-dealkylation sites (tertiary alicyclic amines) is 1. The van der Waals surface area contributed by atoms with Gasteiger partial charge in [0.05, 0.1) is 6.42 Å². The standard InChI is InChI=1S/C13H15N5O3/c14-11(20)9-4-2-5-17(9)10(19)7-8-3-1-6-18-12(8)15-16-13(18)21/h1,3,6,9H,2,4-5,7H2,(H2,14,20)(H,16,21). The number of primary amides is 1. The predicted octanol–water partition coefficient (Wildman–Crippen LogP) is -0.959. The van der Waals surface area contributed by atoms with Gasteiger partial charge in [-0.05, 0) is 18.9 Å². The zero-order valence-electron chi connectivity index (χ0n) is 11.3. The summed E-state index contributed by atoms with van der Waals surface area (Å²) in [5.41, 5.74) is 6.02. The van der Waals surface area contributed by atoms with Crippen molar-refractivity contribution in [3.63, 3.8) is 0 Å². The quantitative estimate of drug-likeness (QED) is 0.757. The first-order valence-corrected chi connectivity index (χ1v) is 6.71. The molecule has 1 unspecified atom stereocenters. The fourth-order valence-corrected chi connectivity index (χ4v) is 2.75. The van der Waals surface area contributed by atoms with Gasteiger partial charge in [0.1, 0.15) is 6.04 Å². The highest BCUT2D eigenvalue weighted by atomic mass is 16.2. The Morgan fingerprint density at radius 3 is 3.05 bits per heavy atom. The molecular formula is C13H15N5O3. The lowest BCUT2D eigenvalue weighted by Gasteiger charge is -2.22. The molecule has 0 bridgehead atoms. The van der Waals surface area contributed by atoms with Gasteiger partial charge in [0, 0.05) is 18.3 Å². The van der Waals surface area contributed by atoms with Crippen LogP contribution in [0, 0.1) is 0 Å². The van der Waals surface area contributed by atoms with Gasteiger partial charge in [0.15, 0.2) is 5.65 Å². The van der Waals surface area contributed by atoms with Crippen LogP contribution < -0.4 is 11.4 Å². The maximum Gasteiger partial charge on any atom is 0.347 e. The second kappa shape index (κ2) is 5.04. The molecule has 3 rings (SSSR count). The van der Waals surface area contributed by atoms with Crippen LogP contribution in [0.5, 0.6) is 0 Å². The fourth-order valence-electron chi connectivity index (χ4n) is 2.75. The van der Waals surface area contributed by atoms with Gasteiger partial charge in [0.2, 0.25) is 11.8 Å². The monoisotopic (exact) mass is 289 g/mol. The van der Waals surface area contributed by atoms with Crippen LogP contribution >= 0.6 is 0 Å². The van der Waals surface area contributed by atoms with Crippen molar-refractivity contribution in [1.82, 2.24) is 19.5 Å². The number of amides is 2. The normalized spacial score (nSPS) is 18.3. The lowest BCUT2D eigenvalue weighted by molar-refractivity contribution is -0.136. The first-order chi connectivity index (χ1) is 10.1. The van der Waals surface area contributed by atoms with E-state index in [2.05, 4.69) is 10.2 Å². The molecule has 8 heteroatoms. The summed E-state index contributed by atoms with van der Waals surface area (Å²) in [4.78, 5) is 36.7. The summed E-state index contributed by atoms with van der Waals surface area (Å²) < 4.78 is 1.35. The summed E-state index contributed by atoms with van der Waals surface area (Å²) in [5.74, 6) is -0.658. The number of nitrogens with zero attached hydrogens (tertiary/aromatic N) is 3. The van der Waals surface area contributed by atoms with Gasteiger partial charge in [-0.2, -0.15) is 5.10 Å². The summed E-state index contributed by atoms with van der Waals surface area (Å²) in [6.45, 7) is 0.531. The van der Waals surface area contributed by atoms with Crippen LogP contribution in [0.2, 0.25) is 0 Å². The van der Waals surface area contributed by atoms with Crippen LogP contribution in [0.4, 0.5) is 0 Å². The van der Waals surface area contributed by atoms with E-state index in [0.717, 1.165) is 6.42 Å². The highest BCUT2D eigenvalue weighted by Gasteiger charge is 2.32. The van der Waals surface area contributed by atoms with Gasteiger partial charge in [-0.15, -0.1) is 0 Å². The molecule has 0 aromatic carbocycles. The molecule has 1 fully saturated rings. The minimum absolute atomic E-state index is 0.0818. The fraction of sp³-hybridized carbons (Fsp3) is 0.385. The van der Waals surface area contributed by atoms with E-state index in [1.54, 1.807) is 18.3 Å². The average Bonchev–Trinajstić information content (AvgIpc) is 3.07. The molecule has 1 saturated heterocycles. The number of hydrogen-bond donors (Lipinski definition) is 2. The zero-order valence-corrected chi connectivity index (χ0v) is 11.3. The molecule has 1 aliphatic rings. The molecule has 110 valence electrons. The molecule has 3 N–H and O–H groups in total. The Kier molecular flexibility index (Phi) is 3.20. The zero-order chi connectivity index (χ0) is 15.0.